The molecule has 0 saturated carbocycles. The highest BCUT2D eigenvalue weighted by Crippen LogP contribution is 2.36. The number of hydrogen-bond acceptors (Lipinski definition) is 6. The summed E-state index contributed by atoms with van der Waals surface area (Å²) in [5, 5.41) is 7.44. The monoisotopic (exact) mass is 332 g/mol. The summed E-state index contributed by atoms with van der Waals surface area (Å²) in [5.74, 6) is 0. The zero-order chi connectivity index (χ0) is 16.9. The molecule has 126 valence electrons. The maximum atomic E-state index is 8.89. The second-order valence-corrected chi connectivity index (χ2v) is 5.35. The summed E-state index contributed by atoms with van der Waals surface area (Å²) in [6.07, 6.45) is -2.55. The third-order valence-corrected chi connectivity index (χ3v) is 4.01. The molecule has 0 N–H and O–H groups in total. The minimum absolute atomic E-state index is 0.241. The Balaban J connectivity index is 1.88. The van der Waals surface area contributed by atoms with Gasteiger partial charge in [0.05, 0.1) is 24.8 Å². The van der Waals surface area contributed by atoms with Gasteiger partial charge in [0.25, 0.3) is 0 Å². The summed E-state index contributed by atoms with van der Waals surface area (Å²) in [6.45, 7) is 0.241. The van der Waals surface area contributed by atoms with Crippen molar-refractivity contribution in [1.82, 2.24) is 0 Å². The molecule has 1 unspecified atom stereocenters. The van der Waals surface area contributed by atoms with E-state index in [0.717, 1.165) is 5.56 Å². The number of methoxy groups -OCH3 is 1. The fourth-order valence-corrected chi connectivity index (χ4v) is 2.93. The van der Waals surface area contributed by atoms with Crippen LogP contribution in [-0.2, 0) is 18.9 Å². The predicted octanol–water partition coefficient (Wildman–Crippen LogP) is 2.83. The molecule has 10 heteroatoms. The van der Waals surface area contributed by atoms with Crippen LogP contribution in [0.25, 0.3) is 20.9 Å². The second-order valence-electron chi connectivity index (χ2n) is 5.35. The molecular weight excluding hydrogens is 316 g/mol. The zero-order valence-electron chi connectivity index (χ0n) is 12.9. The predicted molar refractivity (Wildman–Crippen MR) is 81.5 cm³/mol. The van der Waals surface area contributed by atoms with Crippen LogP contribution < -0.4 is 0 Å². The molecule has 1 aromatic carbocycles. The molecule has 0 aromatic heterocycles. The van der Waals surface area contributed by atoms with Crippen molar-refractivity contribution in [2.45, 2.75) is 36.9 Å². The first kappa shape index (κ1) is 16.5. The van der Waals surface area contributed by atoms with Crippen molar-refractivity contribution in [1.29, 1.82) is 0 Å². The highest BCUT2D eigenvalue weighted by molar-refractivity contribution is 5.17. The van der Waals surface area contributed by atoms with E-state index in [1.54, 1.807) is 0 Å². The highest BCUT2D eigenvalue weighted by Gasteiger charge is 2.49. The summed E-state index contributed by atoms with van der Waals surface area (Å²) < 4.78 is 22.6. The average molecular weight is 332 g/mol. The number of fused-ring (bicyclic) bond motifs is 1. The normalized spacial score (nSPS) is 35.2. The van der Waals surface area contributed by atoms with Crippen molar-refractivity contribution in [2.75, 3.05) is 13.7 Å². The molecule has 3 rings (SSSR count). The van der Waals surface area contributed by atoms with Crippen molar-refractivity contribution < 1.29 is 18.9 Å². The third kappa shape index (κ3) is 3.15. The Labute approximate surface area is 137 Å². The molecule has 0 aliphatic carbocycles. The van der Waals surface area contributed by atoms with Gasteiger partial charge in [0.1, 0.15) is 6.10 Å². The zero-order valence-corrected chi connectivity index (χ0v) is 12.9. The van der Waals surface area contributed by atoms with Crippen molar-refractivity contribution in [3.63, 3.8) is 0 Å². The van der Waals surface area contributed by atoms with E-state index in [9.17, 15) is 0 Å². The molecule has 0 spiro atoms. The second kappa shape index (κ2) is 7.50. The Morgan fingerprint density at radius 3 is 2.46 bits per heavy atom. The van der Waals surface area contributed by atoms with E-state index < -0.39 is 36.9 Å². The van der Waals surface area contributed by atoms with Gasteiger partial charge >= 0.3 is 0 Å². The first-order chi connectivity index (χ1) is 11.8. The number of rotatable bonds is 4. The van der Waals surface area contributed by atoms with E-state index in [1.165, 1.54) is 7.11 Å². The Bertz CT molecular complexity index is 660. The maximum Gasteiger partial charge on any atom is 0.184 e. The van der Waals surface area contributed by atoms with Crippen LogP contribution in [0.5, 0.6) is 0 Å². The number of benzene rings is 1. The van der Waals surface area contributed by atoms with E-state index in [0.29, 0.717) is 0 Å². The van der Waals surface area contributed by atoms with Gasteiger partial charge in [0.2, 0.25) is 0 Å². The van der Waals surface area contributed by atoms with Gasteiger partial charge in [-0.05, 0) is 11.1 Å². The topological polar surface area (TPSA) is 134 Å². The third-order valence-electron chi connectivity index (χ3n) is 4.01. The molecule has 2 aliphatic rings. The van der Waals surface area contributed by atoms with Crippen LogP contribution in [0.4, 0.5) is 0 Å². The van der Waals surface area contributed by atoms with Crippen LogP contribution in [0.3, 0.4) is 0 Å². The maximum absolute atomic E-state index is 8.89. The standard InChI is InChI=1S/C14H16N6O4/c1-21-14-11(18-20-16)10(17-19-15)12-9(23-14)7-22-13(24-12)8-5-3-2-4-6-8/h2-6,9-14H,7H2,1H3/t9-,10-,11+,12-,13?,14+/m1/s1. The van der Waals surface area contributed by atoms with E-state index in [4.69, 9.17) is 30.0 Å². The molecular formula is C14H16N6O4. The number of nitrogens with zero attached hydrogens (tertiary/aromatic N) is 6. The number of azide groups is 2. The van der Waals surface area contributed by atoms with Crippen LogP contribution in [0.1, 0.15) is 11.9 Å². The van der Waals surface area contributed by atoms with Gasteiger partial charge < -0.3 is 18.9 Å². The summed E-state index contributed by atoms with van der Waals surface area (Å²) >= 11 is 0. The van der Waals surface area contributed by atoms with Crippen molar-refractivity contribution in [2.24, 2.45) is 10.2 Å². The lowest BCUT2D eigenvalue weighted by atomic mass is 9.94. The fraction of sp³-hybridized carbons (Fsp3) is 0.571. The van der Waals surface area contributed by atoms with Gasteiger partial charge in [-0.15, -0.1) is 0 Å². The highest BCUT2D eigenvalue weighted by atomic mass is 16.7. The minimum Gasteiger partial charge on any atom is -0.355 e. The summed E-state index contributed by atoms with van der Waals surface area (Å²) in [4.78, 5) is 5.66. The first-order valence-electron chi connectivity index (χ1n) is 7.37. The van der Waals surface area contributed by atoms with Gasteiger partial charge in [-0.3, -0.25) is 0 Å². The summed E-state index contributed by atoms with van der Waals surface area (Å²) in [6, 6.07) is 7.81. The van der Waals surface area contributed by atoms with Gasteiger partial charge in [0, 0.05) is 22.5 Å². The lowest BCUT2D eigenvalue weighted by molar-refractivity contribution is -0.321. The van der Waals surface area contributed by atoms with Gasteiger partial charge in [-0.1, -0.05) is 40.6 Å². The lowest BCUT2D eigenvalue weighted by Crippen LogP contribution is -2.60. The molecule has 6 atom stereocenters. The van der Waals surface area contributed by atoms with Gasteiger partial charge in [0.15, 0.2) is 12.6 Å². The molecule has 0 amide bonds. The van der Waals surface area contributed by atoms with E-state index >= 15 is 0 Å². The van der Waals surface area contributed by atoms with Gasteiger partial charge in [-0.25, -0.2) is 0 Å². The van der Waals surface area contributed by atoms with Gasteiger partial charge in [-0.2, -0.15) is 0 Å². The molecule has 1 aromatic rings. The molecule has 2 saturated heterocycles. The van der Waals surface area contributed by atoms with Crippen LogP contribution in [0.2, 0.25) is 0 Å². The van der Waals surface area contributed by atoms with E-state index in [2.05, 4.69) is 20.1 Å². The molecule has 10 nitrogen and oxygen atoms in total. The van der Waals surface area contributed by atoms with Crippen LogP contribution >= 0.6 is 0 Å². The molecule has 2 fully saturated rings. The van der Waals surface area contributed by atoms with Crippen LogP contribution in [0, 0.1) is 0 Å². The largest absolute Gasteiger partial charge is 0.355 e. The van der Waals surface area contributed by atoms with Crippen molar-refractivity contribution in [3.8, 4) is 0 Å². The Hall–Kier alpha value is -2.32. The number of ether oxygens (including phenoxy) is 4. The smallest absolute Gasteiger partial charge is 0.184 e. The molecule has 2 heterocycles. The quantitative estimate of drug-likeness (QED) is 0.476. The summed E-state index contributed by atoms with van der Waals surface area (Å²) in [5.41, 5.74) is 18.5. The SMILES string of the molecule is CO[C@H]1O[C@@H]2COC(c3ccccc3)O[C@H]2[C@H](N=[N+]=[N-])[C@@H]1N=[N+]=[N-]. The Morgan fingerprint density at radius 2 is 1.79 bits per heavy atom. The molecule has 0 radical (unpaired) electrons. The van der Waals surface area contributed by atoms with Crippen LogP contribution in [0.15, 0.2) is 40.6 Å². The number of hydrogen-bond donors (Lipinski definition) is 0. The minimum atomic E-state index is -0.835. The summed E-state index contributed by atoms with van der Waals surface area (Å²) in [7, 11) is 1.43. The molecule has 0 bridgehead atoms. The fourth-order valence-electron chi connectivity index (χ4n) is 2.93. The van der Waals surface area contributed by atoms with E-state index in [1.807, 2.05) is 30.3 Å². The Kier molecular flexibility index (Phi) is 5.17. The Morgan fingerprint density at radius 1 is 1.08 bits per heavy atom. The average Bonchev–Trinajstić information content (AvgIpc) is 2.64. The molecule has 24 heavy (non-hydrogen) atoms. The van der Waals surface area contributed by atoms with Crippen LogP contribution in [-0.4, -0.2) is 44.3 Å². The van der Waals surface area contributed by atoms with E-state index in [-0.39, 0.29) is 6.61 Å². The molecule has 2 aliphatic heterocycles. The van der Waals surface area contributed by atoms with Crippen molar-refractivity contribution in [3.05, 3.63) is 56.8 Å². The lowest BCUT2D eigenvalue weighted by Gasteiger charge is -2.46. The first-order valence-corrected chi connectivity index (χ1v) is 7.37. The van der Waals surface area contributed by atoms with Crippen molar-refractivity contribution >= 4 is 0 Å².